The van der Waals surface area contributed by atoms with Crippen molar-refractivity contribution < 1.29 is 14.6 Å². The maximum absolute atomic E-state index is 11.1. The van der Waals surface area contributed by atoms with E-state index < -0.39 is 12.0 Å². The topological polar surface area (TPSA) is 64.4 Å². The molecular formula is C12H14N2O3. The number of hydrogen-bond acceptors (Lipinski definition) is 3. The Bertz CT molecular complexity index is 548. The van der Waals surface area contributed by atoms with Crippen LogP contribution in [0, 0.1) is 0 Å². The van der Waals surface area contributed by atoms with Crippen LogP contribution >= 0.6 is 0 Å². The van der Waals surface area contributed by atoms with E-state index in [0.717, 1.165) is 11.0 Å². The lowest BCUT2D eigenvalue weighted by atomic mass is 10.3. The summed E-state index contributed by atoms with van der Waals surface area (Å²) in [4.78, 5) is 15.5. The number of nitrogens with zero attached hydrogens (tertiary/aromatic N) is 2. The molecule has 0 bridgehead atoms. The van der Waals surface area contributed by atoms with Crippen LogP contribution in [-0.2, 0) is 16.1 Å². The molecule has 1 aromatic heterocycles. The summed E-state index contributed by atoms with van der Waals surface area (Å²) >= 11 is 0. The molecule has 0 fully saturated rings. The van der Waals surface area contributed by atoms with Crippen LogP contribution in [0.1, 0.15) is 18.8 Å². The number of carbonyl (C=O) groups is 1. The number of rotatable bonds is 4. The van der Waals surface area contributed by atoms with Crippen LogP contribution in [0.25, 0.3) is 11.0 Å². The molecule has 0 saturated heterocycles. The smallest absolute Gasteiger partial charge is 0.326 e. The number of aromatic nitrogens is 2. The lowest BCUT2D eigenvalue weighted by Gasteiger charge is -2.12. The van der Waals surface area contributed by atoms with Crippen LogP contribution in [0.15, 0.2) is 24.3 Å². The highest BCUT2D eigenvalue weighted by Gasteiger charge is 2.20. The number of fused-ring (bicyclic) bond motifs is 1. The predicted molar refractivity (Wildman–Crippen MR) is 62.8 cm³/mol. The van der Waals surface area contributed by atoms with E-state index in [2.05, 4.69) is 4.98 Å². The monoisotopic (exact) mass is 234 g/mol. The number of carboxylic acids is 1. The maximum atomic E-state index is 11.1. The molecule has 1 N–H and O–H groups in total. The minimum absolute atomic E-state index is 0.298. The number of ether oxygens (including phenoxy) is 1. The third-order valence-electron chi connectivity index (χ3n) is 2.69. The molecule has 0 spiro atoms. The van der Waals surface area contributed by atoms with Gasteiger partial charge in [-0.25, -0.2) is 9.78 Å². The fraction of sp³-hybridized carbons (Fsp3) is 0.333. The highest BCUT2D eigenvalue weighted by atomic mass is 16.5. The fourth-order valence-corrected chi connectivity index (χ4v) is 1.87. The molecule has 5 heteroatoms. The first-order chi connectivity index (χ1) is 8.15. The summed E-state index contributed by atoms with van der Waals surface area (Å²) in [6, 6.07) is 6.81. The van der Waals surface area contributed by atoms with Gasteiger partial charge in [-0.15, -0.1) is 0 Å². The second-order valence-electron chi connectivity index (χ2n) is 3.83. The fourth-order valence-electron chi connectivity index (χ4n) is 1.87. The van der Waals surface area contributed by atoms with Gasteiger partial charge in [0.1, 0.15) is 18.5 Å². The first-order valence-corrected chi connectivity index (χ1v) is 5.32. The molecule has 17 heavy (non-hydrogen) atoms. The van der Waals surface area contributed by atoms with Gasteiger partial charge in [0.05, 0.1) is 11.0 Å². The summed E-state index contributed by atoms with van der Waals surface area (Å²) in [6.45, 7) is 1.93. The largest absolute Gasteiger partial charge is 0.480 e. The molecule has 5 nitrogen and oxygen atoms in total. The van der Waals surface area contributed by atoms with Crippen molar-refractivity contribution in [3.05, 3.63) is 30.1 Å². The van der Waals surface area contributed by atoms with Crippen LogP contribution < -0.4 is 0 Å². The summed E-state index contributed by atoms with van der Waals surface area (Å²) in [7, 11) is 1.56. The Morgan fingerprint density at radius 1 is 1.53 bits per heavy atom. The second kappa shape index (κ2) is 4.55. The van der Waals surface area contributed by atoms with E-state index in [0.29, 0.717) is 12.4 Å². The van der Waals surface area contributed by atoms with Crippen LogP contribution in [0.2, 0.25) is 0 Å². The van der Waals surface area contributed by atoms with Crippen LogP contribution in [0.3, 0.4) is 0 Å². The summed E-state index contributed by atoms with van der Waals surface area (Å²) < 4.78 is 6.75. The Kier molecular flexibility index (Phi) is 3.10. The zero-order valence-corrected chi connectivity index (χ0v) is 9.75. The summed E-state index contributed by atoms with van der Waals surface area (Å²) in [5.41, 5.74) is 1.60. The Morgan fingerprint density at radius 2 is 2.24 bits per heavy atom. The van der Waals surface area contributed by atoms with E-state index >= 15 is 0 Å². The summed E-state index contributed by atoms with van der Waals surface area (Å²) in [5.74, 6) is -0.255. The number of imidazole rings is 1. The van der Waals surface area contributed by atoms with E-state index in [1.54, 1.807) is 18.6 Å². The van der Waals surface area contributed by atoms with Gasteiger partial charge in [-0.3, -0.25) is 0 Å². The Hall–Kier alpha value is -1.88. The van der Waals surface area contributed by atoms with Crippen LogP contribution in [0.5, 0.6) is 0 Å². The van der Waals surface area contributed by atoms with Crippen molar-refractivity contribution in [2.75, 3.05) is 7.11 Å². The van der Waals surface area contributed by atoms with Crippen molar-refractivity contribution in [3.63, 3.8) is 0 Å². The van der Waals surface area contributed by atoms with Crippen molar-refractivity contribution in [1.82, 2.24) is 9.55 Å². The number of carboxylic acid groups (broad SMARTS) is 1. The third-order valence-corrected chi connectivity index (χ3v) is 2.69. The molecule has 1 aromatic carbocycles. The number of benzene rings is 1. The number of hydrogen-bond donors (Lipinski definition) is 1. The first kappa shape index (κ1) is 11.6. The minimum Gasteiger partial charge on any atom is -0.480 e. The molecule has 1 heterocycles. The molecule has 1 atom stereocenters. The van der Waals surface area contributed by atoms with Gasteiger partial charge >= 0.3 is 5.97 Å². The van der Waals surface area contributed by atoms with E-state index in [1.165, 1.54) is 0 Å². The summed E-state index contributed by atoms with van der Waals surface area (Å²) in [5, 5.41) is 9.12. The SMILES string of the molecule is COCc1nc2ccccc2n1C(C)C(=O)O. The van der Waals surface area contributed by atoms with Gasteiger partial charge in [-0.1, -0.05) is 12.1 Å². The Labute approximate surface area is 98.6 Å². The normalized spacial score (nSPS) is 12.8. The molecule has 1 unspecified atom stereocenters. The molecular weight excluding hydrogens is 220 g/mol. The number of methoxy groups -OCH3 is 1. The first-order valence-electron chi connectivity index (χ1n) is 5.32. The van der Waals surface area contributed by atoms with Crippen LogP contribution in [-0.4, -0.2) is 27.7 Å². The van der Waals surface area contributed by atoms with Gasteiger partial charge in [-0.05, 0) is 19.1 Å². The van der Waals surface area contributed by atoms with E-state index in [-0.39, 0.29) is 0 Å². The number of aliphatic carboxylic acids is 1. The van der Waals surface area contributed by atoms with Crippen LogP contribution in [0.4, 0.5) is 0 Å². The van der Waals surface area contributed by atoms with Crippen molar-refractivity contribution in [2.45, 2.75) is 19.6 Å². The molecule has 0 amide bonds. The number of para-hydroxylation sites is 2. The van der Waals surface area contributed by atoms with Crippen molar-refractivity contribution in [2.24, 2.45) is 0 Å². The molecule has 2 aromatic rings. The van der Waals surface area contributed by atoms with E-state index in [9.17, 15) is 4.79 Å². The highest BCUT2D eigenvalue weighted by molar-refractivity contribution is 5.80. The average Bonchev–Trinajstić information content (AvgIpc) is 2.66. The average molecular weight is 234 g/mol. The second-order valence-corrected chi connectivity index (χ2v) is 3.83. The van der Waals surface area contributed by atoms with E-state index in [4.69, 9.17) is 9.84 Å². The van der Waals surface area contributed by atoms with Gasteiger partial charge in [0.25, 0.3) is 0 Å². The lowest BCUT2D eigenvalue weighted by molar-refractivity contribution is -0.140. The van der Waals surface area contributed by atoms with Crippen molar-refractivity contribution in [3.8, 4) is 0 Å². The lowest BCUT2D eigenvalue weighted by Crippen LogP contribution is -2.18. The van der Waals surface area contributed by atoms with Gasteiger partial charge in [0.2, 0.25) is 0 Å². The molecule has 0 saturated carbocycles. The van der Waals surface area contributed by atoms with Crippen molar-refractivity contribution >= 4 is 17.0 Å². The quantitative estimate of drug-likeness (QED) is 0.876. The van der Waals surface area contributed by atoms with Gasteiger partial charge < -0.3 is 14.4 Å². The maximum Gasteiger partial charge on any atom is 0.326 e. The zero-order valence-electron chi connectivity index (χ0n) is 9.75. The third kappa shape index (κ3) is 2.01. The molecule has 0 aliphatic rings. The van der Waals surface area contributed by atoms with Crippen molar-refractivity contribution in [1.29, 1.82) is 0 Å². The highest BCUT2D eigenvalue weighted by Crippen LogP contribution is 2.21. The summed E-state index contributed by atoms with van der Waals surface area (Å²) in [6.07, 6.45) is 0. The molecule has 0 aliphatic carbocycles. The molecule has 0 aliphatic heterocycles. The molecule has 0 radical (unpaired) electrons. The van der Waals surface area contributed by atoms with Gasteiger partial charge in [-0.2, -0.15) is 0 Å². The minimum atomic E-state index is -0.884. The predicted octanol–water partition coefficient (Wildman–Crippen LogP) is 1.83. The standard InChI is InChI=1S/C12H14N2O3/c1-8(12(15)16)14-10-6-4-3-5-9(10)13-11(14)7-17-2/h3-6,8H,7H2,1-2H3,(H,15,16). The Balaban J connectivity index is 2.63. The molecule has 90 valence electrons. The Morgan fingerprint density at radius 3 is 2.88 bits per heavy atom. The zero-order chi connectivity index (χ0) is 12.4. The van der Waals surface area contributed by atoms with Gasteiger partial charge in [0.15, 0.2) is 0 Å². The molecule has 2 rings (SSSR count). The van der Waals surface area contributed by atoms with Gasteiger partial charge in [0, 0.05) is 7.11 Å². The van der Waals surface area contributed by atoms with E-state index in [1.807, 2.05) is 24.3 Å².